The molecule has 1 saturated heterocycles. The van der Waals surface area contributed by atoms with Gasteiger partial charge in [-0.2, -0.15) is 0 Å². The predicted octanol–water partition coefficient (Wildman–Crippen LogP) is 3.51. The van der Waals surface area contributed by atoms with Crippen LogP contribution in [-0.2, 0) is 4.79 Å². The quantitative estimate of drug-likeness (QED) is 0.654. The third kappa shape index (κ3) is 4.50. The van der Waals surface area contributed by atoms with Crippen LogP contribution in [0, 0.1) is 22.0 Å². The van der Waals surface area contributed by atoms with Gasteiger partial charge in [-0.1, -0.05) is 31.4 Å². The Labute approximate surface area is 148 Å². The number of benzene rings is 1. The molecular weight excluding hydrogens is 318 g/mol. The fourth-order valence-electron chi connectivity index (χ4n) is 4.05. The van der Waals surface area contributed by atoms with Gasteiger partial charge in [0, 0.05) is 31.6 Å². The summed E-state index contributed by atoms with van der Waals surface area (Å²) in [6.07, 6.45) is 7.87. The van der Waals surface area contributed by atoms with Gasteiger partial charge in [-0.25, -0.2) is 0 Å². The zero-order valence-electron chi connectivity index (χ0n) is 14.7. The van der Waals surface area contributed by atoms with Crippen LogP contribution in [0.1, 0.15) is 44.9 Å². The van der Waals surface area contributed by atoms with E-state index in [1.165, 1.54) is 38.2 Å². The number of piperidine rings is 1. The summed E-state index contributed by atoms with van der Waals surface area (Å²) in [5.74, 6) is 0.833. The minimum absolute atomic E-state index is 0.0302. The fourth-order valence-corrected chi connectivity index (χ4v) is 4.05. The monoisotopic (exact) mass is 345 g/mol. The van der Waals surface area contributed by atoms with Gasteiger partial charge >= 0.3 is 0 Å². The van der Waals surface area contributed by atoms with Crippen molar-refractivity contribution in [1.29, 1.82) is 0 Å². The Morgan fingerprint density at radius 1 is 1.12 bits per heavy atom. The van der Waals surface area contributed by atoms with Crippen LogP contribution >= 0.6 is 0 Å². The van der Waals surface area contributed by atoms with E-state index in [4.69, 9.17) is 0 Å². The molecule has 1 aliphatic heterocycles. The number of hydrogen-bond acceptors (Lipinski definition) is 4. The summed E-state index contributed by atoms with van der Waals surface area (Å²) in [7, 11) is 0. The third-order valence-corrected chi connectivity index (χ3v) is 5.57. The average molecular weight is 345 g/mol. The number of carbonyl (C=O) groups is 1. The van der Waals surface area contributed by atoms with Gasteiger partial charge in [0.2, 0.25) is 5.91 Å². The second-order valence-electron chi connectivity index (χ2n) is 7.26. The minimum Gasteiger partial charge on any atom is -0.366 e. The third-order valence-electron chi connectivity index (χ3n) is 5.57. The van der Waals surface area contributed by atoms with Gasteiger partial charge in [0.1, 0.15) is 5.69 Å². The van der Waals surface area contributed by atoms with Gasteiger partial charge in [0.25, 0.3) is 5.69 Å². The first-order valence-corrected chi connectivity index (χ1v) is 9.41. The number of hydrogen-bond donors (Lipinski definition) is 1. The molecular formula is C19H27N3O3. The molecule has 6 nitrogen and oxygen atoms in total. The smallest absolute Gasteiger partial charge is 0.292 e. The summed E-state index contributed by atoms with van der Waals surface area (Å²) < 4.78 is 0. The van der Waals surface area contributed by atoms with Crippen molar-refractivity contribution >= 4 is 17.3 Å². The van der Waals surface area contributed by atoms with Crippen molar-refractivity contribution in [1.82, 2.24) is 5.32 Å². The molecule has 1 aliphatic carbocycles. The second kappa shape index (κ2) is 8.32. The van der Waals surface area contributed by atoms with E-state index >= 15 is 0 Å². The highest BCUT2D eigenvalue weighted by molar-refractivity contribution is 5.79. The molecule has 0 spiro atoms. The van der Waals surface area contributed by atoms with Gasteiger partial charge in [-0.3, -0.25) is 14.9 Å². The molecule has 1 aromatic rings. The van der Waals surface area contributed by atoms with Crippen molar-refractivity contribution < 1.29 is 9.72 Å². The first-order chi connectivity index (χ1) is 12.1. The maximum atomic E-state index is 12.4. The summed E-state index contributed by atoms with van der Waals surface area (Å²) >= 11 is 0. The van der Waals surface area contributed by atoms with Gasteiger partial charge in [0.05, 0.1) is 4.92 Å². The van der Waals surface area contributed by atoms with Crippen molar-refractivity contribution in [2.45, 2.75) is 44.9 Å². The van der Waals surface area contributed by atoms with Gasteiger partial charge in [-0.05, 0) is 37.7 Å². The lowest BCUT2D eigenvalue weighted by Crippen LogP contribution is -2.42. The van der Waals surface area contributed by atoms with Crippen molar-refractivity contribution in [3.63, 3.8) is 0 Å². The maximum absolute atomic E-state index is 12.4. The summed E-state index contributed by atoms with van der Waals surface area (Å²) in [5.41, 5.74) is 0.802. The molecule has 0 radical (unpaired) electrons. The molecule has 3 rings (SSSR count). The lowest BCUT2D eigenvalue weighted by Gasteiger charge is -2.33. The molecule has 1 saturated carbocycles. The molecule has 6 heteroatoms. The van der Waals surface area contributed by atoms with Crippen LogP contribution < -0.4 is 10.2 Å². The van der Waals surface area contributed by atoms with E-state index in [0.717, 1.165) is 19.4 Å². The number of para-hydroxylation sites is 2. The van der Waals surface area contributed by atoms with Gasteiger partial charge < -0.3 is 10.2 Å². The van der Waals surface area contributed by atoms with Crippen LogP contribution in [0.3, 0.4) is 0 Å². The number of nitrogens with one attached hydrogen (secondary N) is 1. The number of nitro benzene ring substituents is 1. The first-order valence-electron chi connectivity index (χ1n) is 9.41. The minimum atomic E-state index is -0.335. The predicted molar refractivity (Wildman–Crippen MR) is 97.6 cm³/mol. The normalized spacial score (nSPS) is 19.6. The average Bonchev–Trinajstić information content (AvgIpc) is 2.67. The van der Waals surface area contributed by atoms with Crippen LogP contribution in [0.5, 0.6) is 0 Å². The van der Waals surface area contributed by atoms with E-state index in [-0.39, 0.29) is 22.4 Å². The summed E-state index contributed by atoms with van der Waals surface area (Å²) in [6.45, 7) is 2.18. The molecule has 1 heterocycles. The molecule has 0 unspecified atom stereocenters. The van der Waals surface area contributed by atoms with E-state index in [1.54, 1.807) is 12.1 Å². The Balaban J connectivity index is 1.50. The number of nitro groups is 1. The molecule has 1 aromatic carbocycles. The largest absolute Gasteiger partial charge is 0.366 e. The molecule has 2 fully saturated rings. The van der Waals surface area contributed by atoms with Crippen LogP contribution in [0.2, 0.25) is 0 Å². The highest BCUT2D eigenvalue weighted by Gasteiger charge is 2.28. The fraction of sp³-hybridized carbons (Fsp3) is 0.632. The lowest BCUT2D eigenvalue weighted by molar-refractivity contribution is -0.384. The van der Waals surface area contributed by atoms with E-state index in [2.05, 4.69) is 5.32 Å². The van der Waals surface area contributed by atoms with Gasteiger partial charge in [-0.15, -0.1) is 0 Å². The molecule has 0 atom stereocenters. The highest BCUT2D eigenvalue weighted by atomic mass is 16.6. The Hall–Kier alpha value is -2.11. The zero-order valence-corrected chi connectivity index (χ0v) is 14.7. The Bertz CT molecular complexity index is 606. The van der Waals surface area contributed by atoms with E-state index < -0.39 is 0 Å². The maximum Gasteiger partial charge on any atom is 0.292 e. The molecule has 25 heavy (non-hydrogen) atoms. The number of anilines is 1. The number of amides is 1. The van der Waals surface area contributed by atoms with Crippen LogP contribution in [0.15, 0.2) is 24.3 Å². The SMILES string of the molecule is O=C(NCC1CCCCC1)C1CCN(c2ccccc2[N+](=O)[O-])CC1. The Morgan fingerprint density at radius 3 is 2.48 bits per heavy atom. The van der Waals surface area contributed by atoms with Crippen LogP contribution in [0.25, 0.3) is 0 Å². The van der Waals surface area contributed by atoms with Crippen molar-refractivity contribution in [2.24, 2.45) is 11.8 Å². The molecule has 1 N–H and O–H groups in total. The first kappa shape index (κ1) is 17.7. The van der Waals surface area contributed by atoms with Crippen LogP contribution in [-0.4, -0.2) is 30.5 Å². The second-order valence-corrected chi connectivity index (χ2v) is 7.26. The van der Waals surface area contributed by atoms with Crippen LogP contribution in [0.4, 0.5) is 11.4 Å². The molecule has 0 aromatic heterocycles. The Kier molecular flexibility index (Phi) is 5.89. The summed E-state index contributed by atoms with van der Waals surface area (Å²) in [6, 6.07) is 6.85. The topological polar surface area (TPSA) is 75.5 Å². The van der Waals surface area contributed by atoms with Crippen molar-refractivity contribution in [3.8, 4) is 0 Å². The van der Waals surface area contributed by atoms with E-state index in [1.807, 2.05) is 11.0 Å². The Morgan fingerprint density at radius 2 is 1.80 bits per heavy atom. The van der Waals surface area contributed by atoms with Crippen molar-refractivity contribution in [3.05, 3.63) is 34.4 Å². The number of nitrogens with zero attached hydrogens (tertiary/aromatic N) is 2. The molecule has 136 valence electrons. The van der Waals surface area contributed by atoms with E-state index in [0.29, 0.717) is 24.7 Å². The van der Waals surface area contributed by atoms with E-state index in [9.17, 15) is 14.9 Å². The summed E-state index contributed by atoms with van der Waals surface area (Å²) in [5, 5.41) is 14.3. The standard InChI is InChI=1S/C19H27N3O3/c23-19(20-14-15-6-2-1-3-7-15)16-10-12-21(13-11-16)17-8-4-5-9-18(17)22(24)25/h4-5,8-9,15-16H,1-3,6-7,10-14H2,(H,20,23). The summed E-state index contributed by atoms with van der Waals surface area (Å²) in [4.78, 5) is 25.3. The highest BCUT2D eigenvalue weighted by Crippen LogP contribution is 2.31. The number of rotatable bonds is 5. The molecule has 2 aliphatic rings. The zero-order chi connectivity index (χ0) is 17.6. The lowest BCUT2D eigenvalue weighted by atomic mass is 9.89. The van der Waals surface area contributed by atoms with Crippen molar-refractivity contribution in [2.75, 3.05) is 24.5 Å². The number of carbonyl (C=O) groups excluding carboxylic acids is 1. The van der Waals surface area contributed by atoms with Gasteiger partial charge in [0.15, 0.2) is 0 Å². The molecule has 1 amide bonds. The molecule has 0 bridgehead atoms.